The number of halogens is 1. The summed E-state index contributed by atoms with van der Waals surface area (Å²) >= 11 is 0. The van der Waals surface area contributed by atoms with E-state index < -0.39 is 24.1 Å². The van der Waals surface area contributed by atoms with Gasteiger partial charge in [-0.3, -0.25) is 9.69 Å². The number of carbonyl (C=O) groups excluding carboxylic acids is 3. The first kappa shape index (κ1) is 22.8. The van der Waals surface area contributed by atoms with E-state index in [2.05, 4.69) is 15.3 Å². The van der Waals surface area contributed by atoms with Gasteiger partial charge in [0.25, 0.3) is 0 Å². The molecule has 2 amide bonds. The van der Waals surface area contributed by atoms with Crippen molar-refractivity contribution in [3.63, 3.8) is 0 Å². The summed E-state index contributed by atoms with van der Waals surface area (Å²) in [5.41, 5.74) is 1.13. The molecular formula is C22H21FN6O5. The predicted molar refractivity (Wildman–Crippen MR) is 117 cm³/mol. The summed E-state index contributed by atoms with van der Waals surface area (Å²) in [5, 5.41) is 7.62. The summed E-state index contributed by atoms with van der Waals surface area (Å²) in [4.78, 5) is 42.3. The number of benzene rings is 1. The number of pyridine rings is 1. The number of esters is 1. The summed E-state index contributed by atoms with van der Waals surface area (Å²) in [6, 6.07) is 7.60. The standard InChI is InChI=1S/C22H21FN6O5/c1-4-33-21(31)18-11-29(26-25-18)19-8-5-14(10-24-19)16-7-6-15(9-17(16)23)28-12-20(34-22(28)32)27(3)13(2)30/h5-11,20H,4,12H2,1-3H3/t20-/m0/s1. The number of ether oxygens (including phenoxy) is 2. The van der Waals surface area contributed by atoms with Gasteiger partial charge in [0.15, 0.2) is 17.7 Å². The molecule has 0 N–H and O–H groups in total. The van der Waals surface area contributed by atoms with E-state index in [1.165, 1.54) is 53.0 Å². The predicted octanol–water partition coefficient (Wildman–Crippen LogP) is 2.41. The Hall–Kier alpha value is -4.35. The third-order valence-electron chi connectivity index (χ3n) is 5.26. The number of rotatable bonds is 6. The number of carbonyl (C=O) groups is 3. The van der Waals surface area contributed by atoms with Gasteiger partial charge in [0.1, 0.15) is 5.82 Å². The molecule has 11 nitrogen and oxygen atoms in total. The van der Waals surface area contributed by atoms with Crippen LogP contribution < -0.4 is 4.90 Å². The van der Waals surface area contributed by atoms with Crippen molar-refractivity contribution in [2.45, 2.75) is 20.1 Å². The maximum Gasteiger partial charge on any atom is 0.416 e. The van der Waals surface area contributed by atoms with Gasteiger partial charge in [-0.25, -0.2) is 23.6 Å². The SMILES string of the molecule is CCOC(=O)c1cn(-c2ccc(-c3ccc(N4C[C@@H](N(C)C(C)=O)OC4=O)cc3F)cn2)nn1. The van der Waals surface area contributed by atoms with Gasteiger partial charge in [-0.1, -0.05) is 5.21 Å². The van der Waals surface area contributed by atoms with Crippen LogP contribution in [0.4, 0.5) is 14.9 Å². The molecule has 1 fully saturated rings. The second-order valence-corrected chi connectivity index (χ2v) is 7.42. The molecule has 3 heterocycles. The van der Waals surface area contributed by atoms with Crippen LogP contribution in [0, 0.1) is 5.82 Å². The Bertz CT molecular complexity index is 1240. The van der Waals surface area contributed by atoms with Crippen molar-refractivity contribution < 1.29 is 28.2 Å². The minimum absolute atomic E-state index is 0.0477. The Kier molecular flexibility index (Phi) is 6.21. The number of anilines is 1. The topological polar surface area (TPSA) is 120 Å². The molecule has 0 aliphatic carbocycles. The zero-order chi connectivity index (χ0) is 24.4. The molecule has 176 valence electrons. The summed E-state index contributed by atoms with van der Waals surface area (Å²) in [6.07, 6.45) is 1.44. The fourth-order valence-electron chi connectivity index (χ4n) is 3.32. The van der Waals surface area contributed by atoms with E-state index in [0.717, 1.165) is 0 Å². The lowest BCUT2D eigenvalue weighted by Crippen LogP contribution is -2.38. The summed E-state index contributed by atoms with van der Waals surface area (Å²) in [6.45, 7) is 3.37. The third-order valence-corrected chi connectivity index (χ3v) is 5.26. The number of nitrogens with zero attached hydrogens (tertiary/aromatic N) is 6. The Morgan fingerprint density at radius 2 is 2.09 bits per heavy atom. The van der Waals surface area contributed by atoms with E-state index in [9.17, 15) is 18.8 Å². The summed E-state index contributed by atoms with van der Waals surface area (Å²) in [5.74, 6) is -1.02. The molecule has 1 aromatic carbocycles. The largest absolute Gasteiger partial charge is 0.461 e. The van der Waals surface area contributed by atoms with Crippen LogP contribution in [0.1, 0.15) is 24.3 Å². The van der Waals surface area contributed by atoms with Gasteiger partial charge >= 0.3 is 12.1 Å². The Morgan fingerprint density at radius 1 is 1.29 bits per heavy atom. The molecule has 3 aromatic rings. The molecule has 0 spiro atoms. The van der Waals surface area contributed by atoms with Crippen LogP contribution in [0.5, 0.6) is 0 Å². The first-order valence-electron chi connectivity index (χ1n) is 10.4. The molecule has 34 heavy (non-hydrogen) atoms. The molecule has 1 saturated heterocycles. The second kappa shape index (κ2) is 9.25. The van der Waals surface area contributed by atoms with Crippen molar-refractivity contribution in [1.29, 1.82) is 0 Å². The minimum Gasteiger partial charge on any atom is -0.461 e. The van der Waals surface area contributed by atoms with Crippen LogP contribution in [0.15, 0.2) is 42.7 Å². The quantitative estimate of drug-likeness (QED) is 0.506. The maximum absolute atomic E-state index is 14.9. The van der Waals surface area contributed by atoms with Crippen molar-refractivity contribution in [3.8, 4) is 16.9 Å². The Morgan fingerprint density at radius 3 is 2.74 bits per heavy atom. The van der Waals surface area contributed by atoms with E-state index >= 15 is 0 Å². The highest BCUT2D eigenvalue weighted by molar-refractivity contribution is 5.90. The number of amides is 2. The van der Waals surface area contributed by atoms with E-state index in [1.54, 1.807) is 25.1 Å². The zero-order valence-electron chi connectivity index (χ0n) is 18.6. The maximum atomic E-state index is 14.9. The van der Waals surface area contributed by atoms with E-state index in [0.29, 0.717) is 17.1 Å². The van der Waals surface area contributed by atoms with Gasteiger partial charge in [0, 0.05) is 31.3 Å². The van der Waals surface area contributed by atoms with E-state index in [-0.39, 0.29) is 30.3 Å². The van der Waals surface area contributed by atoms with Crippen molar-refractivity contribution in [2.75, 3.05) is 25.1 Å². The number of aromatic nitrogens is 4. The lowest BCUT2D eigenvalue weighted by molar-refractivity contribution is -0.134. The molecular weight excluding hydrogens is 447 g/mol. The van der Waals surface area contributed by atoms with Gasteiger partial charge in [0.05, 0.1) is 25.0 Å². The van der Waals surface area contributed by atoms with Crippen molar-refractivity contribution in [1.82, 2.24) is 24.9 Å². The van der Waals surface area contributed by atoms with Gasteiger partial charge in [0.2, 0.25) is 5.91 Å². The third kappa shape index (κ3) is 4.42. The lowest BCUT2D eigenvalue weighted by atomic mass is 10.1. The summed E-state index contributed by atoms with van der Waals surface area (Å²) in [7, 11) is 1.53. The van der Waals surface area contributed by atoms with Crippen LogP contribution in [0.25, 0.3) is 16.9 Å². The molecule has 0 radical (unpaired) electrons. The first-order valence-corrected chi connectivity index (χ1v) is 10.4. The highest BCUT2D eigenvalue weighted by atomic mass is 19.1. The molecule has 12 heteroatoms. The average molecular weight is 468 g/mol. The Labute approximate surface area is 193 Å². The molecule has 2 aromatic heterocycles. The second-order valence-electron chi connectivity index (χ2n) is 7.42. The van der Waals surface area contributed by atoms with Crippen molar-refractivity contribution in [3.05, 3.63) is 54.2 Å². The normalized spacial score (nSPS) is 15.2. The van der Waals surface area contributed by atoms with Crippen LogP contribution in [0.2, 0.25) is 0 Å². The first-order chi connectivity index (χ1) is 16.3. The zero-order valence-corrected chi connectivity index (χ0v) is 18.6. The number of cyclic esters (lactones) is 1. The van der Waals surface area contributed by atoms with Crippen LogP contribution in [-0.2, 0) is 14.3 Å². The summed E-state index contributed by atoms with van der Waals surface area (Å²) < 4.78 is 26.3. The molecule has 0 unspecified atom stereocenters. The molecule has 4 rings (SSSR count). The van der Waals surface area contributed by atoms with Crippen molar-refractivity contribution in [2.24, 2.45) is 0 Å². The van der Waals surface area contributed by atoms with Crippen LogP contribution in [0.3, 0.4) is 0 Å². The average Bonchev–Trinajstić information content (AvgIpc) is 3.46. The minimum atomic E-state index is -0.745. The highest BCUT2D eigenvalue weighted by Crippen LogP contribution is 2.29. The monoisotopic (exact) mass is 468 g/mol. The van der Waals surface area contributed by atoms with Gasteiger partial charge < -0.3 is 14.4 Å². The highest BCUT2D eigenvalue weighted by Gasteiger charge is 2.36. The molecule has 0 saturated carbocycles. The molecule has 1 aliphatic rings. The van der Waals surface area contributed by atoms with Gasteiger partial charge in [-0.05, 0) is 37.3 Å². The number of hydrogen-bond donors (Lipinski definition) is 0. The van der Waals surface area contributed by atoms with Crippen molar-refractivity contribution >= 4 is 23.7 Å². The molecule has 1 atom stereocenters. The van der Waals surface area contributed by atoms with E-state index in [4.69, 9.17) is 9.47 Å². The van der Waals surface area contributed by atoms with E-state index in [1.807, 2.05) is 0 Å². The lowest BCUT2D eigenvalue weighted by Gasteiger charge is -2.20. The van der Waals surface area contributed by atoms with Crippen LogP contribution >= 0.6 is 0 Å². The molecule has 0 bridgehead atoms. The Balaban J connectivity index is 1.51. The van der Waals surface area contributed by atoms with Gasteiger partial charge in [-0.15, -0.1) is 5.10 Å². The smallest absolute Gasteiger partial charge is 0.416 e. The number of hydrogen-bond acceptors (Lipinski definition) is 8. The number of likely N-dealkylation sites (N-methyl/N-ethyl adjacent to an activating group) is 1. The molecule has 1 aliphatic heterocycles. The fourth-order valence-corrected chi connectivity index (χ4v) is 3.32. The van der Waals surface area contributed by atoms with Crippen LogP contribution in [-0.4, -0.2) is 69.3 Å². The fraction of sp³-hybridized carbons (Fsp3) is 0.273. The van der Waals surface area contributed by atoms with Gasteiger partial charge in [-0.2, -0.15) is 0 Å².